The molecule has 1 aromatic heterocycles. The molecule has 3 aliphatic rings. The van der Waals surface area contributed by atoms with Crippen LogP contribution in [0.4, 0.5) is 0 Å². The first-order valence-electron chi connectivity index (χ1n) is 9.82. The summed E-state index contributed by atoms with van der Waals surface area (Å²) < 4.78 is 17.5. The number of hydrazone groups is 1. The molecule has 1 aromatic carbocycles. The van der Waals surface area contributed by atoms with E-state index in [-0.39, 0.29) is 5.57 Å². The van der Waals surface area contributed by atoms with Crippen molar-refractivity contribution in [1.82, 2.24) is 10.4 Å². The van der Waals surface area contributed by atoms with Gasteiger partial charge in [-0.2, -0.15) is 5.10 Å². The van der Waals surface area contributed by atoms with Crippen LogP contribution in [-0.4, -0.2) is 40.3 Å². The number of fused-ring (bicyclic) bond motifs is 2. The van der Waals surface area contributed by atoms with Crippen LogP contribution in [-0.2, 0) is 27.2 Å². The fourth-order valence-electron chi connectivity index (χ4n) is 4.51. The number of aromatic nitrogens is 1. The minimum atomic E-state index is -1.07. The molecule has 1 aliphatic carbocycles. The first-order chi connectivity index (χ1) is 14.9. The number of epoxide rings is 1. The lowest BCUT2D eigenvalue weighted by molar-refractivity contribution is -0.132. The van der Waals surface area contributed by atoms with E-state index in [0.29, 0.717) is 47.1 Å². The van der Waals surface area contributed by atoms with E-state index in [1.54, 1.807) is 13.2 Å². The number of carboxylic acids is 1. The lowest BCUT2D eigenvalue weighted by Gasteiger charge is -2.27. The van der Waals surface area contributed by atoms with Crippen LogP contribution in [0.15, 0.2) is 63.0 Å². The van der Waals surface area contributed by atoms with Gasteiger partial charge in [0, 0.05) is 17.7 Å². The van der Waals surface area contributed by atoms with Gasteiger partial charge in [-0.3, -0.25) is 0 Å². The number of nitrogens with zero attached hydrogens (tertiary/aromatic N) is 2. The number of aliphatic carboxylic acids is 1. The van der Waals surface area contributed by atoms with Gasteiger partial charge in [-0.25, -0.2) is 9.78 Å². The van der Waals surface area contributed by atoms with E-state index in [9.17, 15) is 9.90 Å². The number of nitrogens with one attached hydrogen (secondary N) is 1. The Balaban J connectivity index is 1.58. The third kappa shape index (κ3) is 2.94. The van der Waals surface area contributed by atoms with E-state index in [1.807, 2.05) is 31.2 Å². The van der Waals surface area contributed by atoms with Crippen molar-refractivity contribution in [2.75, 3.05) is 7.11 Å². The van der Waals surface area contributed by atoms with Gasteiger partial charge in [0.25, 0.3) is 0 Å². The second-order valence-electron chi connectivity index (χ2n) is 7.77. The number of hydrogen-bond donors (Lipinski definition) is 2. The monoisotopic (exact) mass is 441 g/mol. The zero-order chi connectivity index (χ0) is 21.8. The average molecular weight is 442 g/mol. The average Bonchev–Trinajstić information content (AvgIpc) is 3.13. The van der Waals surface area contributed by atoms with E-state index >= 15 is 0 Å². The summed E-state index contributed by atoms with van der Waals surface area (Å²) in [5.74, 6) is -1.70. The van der Waals surface area contributed by atoms with Crippen molar-refractivity contribution >= 4 is 23.3 Å². The molecular formula is C22H20ClN3O5. The van der Waals surface area contributed by atoms with Gasteiger partial charge < -0.3 is 24.4 Å². The molecule has 5 rings (SSSR count). The normalized spacial score (nSPS) is 26.4. The summed E-state index contributed by atoms with van der Waals surface area (Å²) in [7, 11) is 1.56. The third-order valence-electron chi connectivity index (χ3n) is 6.07. The largest absolute Gasteiger partial charge is 0.478 e. The van der Waals surface area contributed by atoms with Crippen molar-refractivity contribution in [2.24, 2.45) is 5.10 Å². The molecule has 2 atom stereocenters. The molecule has 0 radical (unpaired) electrons. The number of aryl methyl sites for hydroxylation is 1. The van der Waals surface area contributed by atoms with Crippen LogP contribution in [0.1, 0.15) is 30.4 Å². The van der Waals surface area contributed by atoms with Gasteiger partial charge in [-0.15, -0.1) is 0 Å². The van der Waals surface area contributed by atoms with Gasteiger partial charge in [0.05, 0.1) is 12.1 Å². The minimum Gasteiger partial charge on any atom is -0.478 e. The van der Waals surface area contributed by atoms with Crippen molar-refractivity contribution in [2.45, 2.75) is 37.7 Å². The first-order valence-corrected chi connectivity index (χ1v) is 10.2. The summed E-state index contributed by atoms with van der Waals surface area (Å²) in [5.41, 5.74) is 5.24. The SMILES string of the molecule is COC12OC1(C)C(C1=NNCc3ncoc31)=C(C(=O)O)C=C2CCc1ccc(Cl)cc1. The maximum absolute atomic E-state index is 12.3. The fourth-order valence-corrected chi connectivity index (χ4v) is 4.63. The van der Waals surface area contributed by atoms with Crippen LogP contribution in [0.25, 0.3) is 0 Å². The number of carbonyl (C=O) groups is 1. The molecule has 0 bridgehead atoms. The quantitative estimate of drug-likeness (QED) is 0.662. The Morgan fingerprint density at radius 2 is 2.10 bits per heavy atom. The number of rotatable bonds is 6. The summed E-state index contributed by atoms with van der Waals surface area (Å²) in [4.78, 5) is 16.5. The maximum atomic E-state index is 12.3. The number of benzene rings is 1. The van der Waals surface area contributed by atoms with Crippen LogP contribution < -0.4 is 5.43 Å². The smallest absolute Gasteiger partial charge is 0.336 e. The molecule has 0 saturated carbocycles. The summed E-state index contributed by atoms with van der Waals surface area (Å²) in [6.07, 6.45) is 4.21. The predicted molar refractivity (Wildman–Crippen MR) is 112 cm³/mol. The number of oxazole rings is 1. The summed E-state index contributed by atoms with van der Waals surface area (Å²) in [5, 5.41) is 15.1. The Hall–Kier alpha value is -2.94. The highest BCUT2D eigenvalue weighted by Crippen LogP contribution is 2.62. The van der Waals surface area contributed by atoms with Crippen molar-refractivity contribution < 1.29 is 23.8 Å². The Kier molecular flexibility index (Phi) is 4.55. The van der Waals surface area contributed by atoms with Crippen molar-refractivity contribution in [3.05, 3.63) is 75.5 Å². The lowest BCUT2D eigenvalue weighted by Crippen LogP contribution is -2.38. The Morgan fingerprint density at radius 3 is 2.81 bits per heavy atom. The topological polar surface area (TPSA) is 109 Å². The van der Waals surface area contributed by atoms with Gasteiger partial charge in [-0.05, 0) is 49.1 Å². The first kappa shape index (κ1) is 20.0. The highest BCUT2D eigenvalue weighted by molar-refractivity contribution is 6.30. The summed E-state index contributed by atoms with van der Waals surface area (Å²) >= 11 is 5.97. The van der Waals surface area contributed by atoms with Crippen molar-refractivity contribution in [3.8, 4) is 0 Å². The van der Waals surface area contributed by atoms with Crippen molar-refractivity contribution in [3.63, 3.8) is 0 Å². The minimum absolute atomic E-state index is 0.101. The van der Waals surface area contributed by atoms with Crippen LogP contribution in [0.2, 0.25) is 5.02 Å². The van der Waals surface area contributed by atoms with E-state index in [2.05, 4.69) is 15.5 Å². The fraction of sp³-hybridized carbons (Fsp3) is 0.318. The molecule has 2 aromatic rings. The van der Waals surface area contributed by atoms with E-state index in [1.165, 1.54) is 6.39 Å². The second kappa shape index (κ2) is 7.05. The number of hydrogen-bond acceptors (Lipinski definition) is 7. The van der Waals surface area contributed by atoms with Crippen LogP contribution in [0.3, 0.4) is 0 Å². The van der Waals surface area contributed by atoms with Crippen LogP contribution >= 0.6 is 11.6 Å². The third-order valence-corrected chi connectivity index (χ3v) is 6.32. The summed E-state index contributed by atoms with van der Waals surface area (Å²) in [6, 6.07) is 7.57. The number of carboxylic acid groups (broad SMARTS) is 1. The standard InChI is InChI=1S/C22H20ClN3O5/c1-21-17(18-19-16(10-25-26-18)24-11-30-19)15(20(27)28)9-13(22(21,29-2)31-21)6-3-12-4-7-14(23)8-5-12/h4-5,7-9,11,25H,3,6,10H2,1-2H3,(H,27,28). The summed E-state index contributed by atoms with van der Waals surface area (Å²) in [6.45, 7) is 2.22. The number of halogens is 1. The molecule has 8 nitrogen and oxygen atoms in total. The number of methoxy groups -OCH3 is 1. The van der Waals surface area contributed by atoms with Crippen LogP contribution in [0, 0.1) is 0 Å². The van der Waals surface area contributed by atoms with Gasteiger partial charge in [0.15, 0.2) is 17.8 Å². The van der Waals surface area contributed by atoms with Gasteiger partial charge in [-0.1, -0.05) is 23.7 Å². The van der Waals surface area contributed by atoms with E-state index in [4.69, 9.17) is 25.5 Å². The lowest BCUT2D eigenvalue weighted by atomic mass is 9.77. The van der Waals surface area contributed by atoms with E-state index < -0.39 is 17.4 Å². The molecule has 1 fully saturated rings. The zero-order valence-corrected chi connectivity index (χ0v) is 17.7. The highest BCUT2D eigenvalue weighted by atomic mass is 35.5. The Morgan fingerprint density at radius 1 is 1.32 bits per heavy atom. The van der Waals surface area contributed by atoms with Gasteiger partial charge in [0.1, 0.15) is 11.4 Å². The van der Waals surface area contributed by atoms with Gasteiger partial charge >= 0.3 is 5.97 Å². The zero-order valence-electron chi connectivity index (χ0n) is 16.9. The Bertz CT molecular complexity index is 1170. The van der Waals surface area contributed by atoms with E-state index in [0.717, 1.165) is 11.1 Å². The number of ether oxygens (including phenoxy) is 2. The van der Waals surface area contributed by atoms with Crippen molar-refractivity contribution in [1.29, 1.82) is 0 Å². The molecule has 2 unspecified atom stereocenters. The molecule has 31 heavy (non-hydrogen) atoms. The van der Waals surface area contributed by atoms with Crippen LogP contribution in [0.5, 0.6) is 0 Å². The molecule has 1 saturated heterocycles. The molecule has 2 N–H and O–H groups in total. The molecule has 3 heterocycles. The predicted octanol–water partition coefficient (Wildman–Crippen LogP) is 3.22. The molecule has 0 amide bonds. The Labute approximate surface area is 183 Å². The van der Waals surface area contributed by atoms with Gasteiger partial charge in [0.2, 0.25) is 5.79 Å². The highest BCUT2D eigenvalue weighted by Gasteiger charge is 2.75. The molecular weight excluding hydrogens is 422 g/mol. The molecule has 9 heteroatoms. The second-order valence-corrected chi connectivity index (χ2v) is 8.21. The molecule has 2 aliphatic heterocycles. The maximum Gasteiger partial charge on any atom is 0.336 e. The molecule has 0 spiro atoms. The molecule has 160 valence electrons.